The van der Waals surface area contributed by atoms with Crippen molar-refractivity contribution < 1.29 is 13.7 Å². The predicted octanol–water partition coefficient (Wildman–Crippen LogP) is 3.97. The van der Waals surface area contributed by atoms with Crippen molar-refractivity contribution in [2.45, 2.75) is 18.8 Å². The molecule has 1 aliphatic heterocycles. The van der Waals surface area contributed by atoms with Gasteiger partial charge in [-0.1, -0.05) is 23.4 Å². The molecule has 1 fully saturated rings. The van der Waals surface area contributed by atoms with Crippen LogP contribution in [0.25, 0.3) is 0 Å². The Balaban J connectivity index is 1.44. The highest BCUT2D eigenvalue weighted by Crippen LogP contribution is 2.27. The maximum Gasteiger partial charge on any atom is 0.325 e. The molecule has 1 unspecified atom stereocenters. The molecule has 1 aliphatic rings. The van der Waals surface area contributed by atoms with Crippen LogP contribution in [0.1, 0.15) is 34.9 Å². The SMILES string of the molecule is O=C(c1ccc(F)cc1)N1CCCC(c2noc(Nc3ccccc3)n2)C1. The summed E-state index contributed by atoms with van der Waals surface area (Å²) < 4.78 is 18.4. The molecule has 3 aromatic rings. The molecule has 1 amide bonds. The fourth-order valence-corrected chi connectivity index (χ4v) is 3.24. The second-order valence-electron chi connectivity index (χ2n) is 6.55. The van der Waals surface area contributed by atoms with E-state index < -0.39 is 0 Å². The van der Waals surface area contributed by atoms with E-state index in [1.54, 1.807) is 4.90 Å². The molecule has 2 aromatic carbocycles. The molecule has 27 heavy (non-hydrogen) atoms. The van der Waals surface area contributed by atoms with Crippen LogP contribution in [0.5, 0.6) is 0 Å². The number of amides is 1. The summed E-state index contributed by atoms with van der Waals surface area (Å²) in [7, 11) is 0. The van der Waals surface area contributed by atoms with Gasteiger partial charge in [-0.2, -0.15) is 4.98 Å². The number of anilines is 2. The number of aromatic nitrogens is 2. The van der Waals surface area contributed by atoms with Crippen LogP contribution in [0.3, 0.4) is 0 Å². The van der Waals surface area contributed by atoms with Crippen molar-refractivity contribution in [3.8, 4) is 0 Å². The second-order valence-corrected chi connectivity index (χ2v) is 6.55. The summed E-state index contributed by atoms with van der Waals surface area (Å²) in [6, 6.07) is 15.5. The quantitative estimate of drug-likeness (QED) is 0.756. The third kappa shape index (κ3) is 3.97. The van der Waals surface area contributed by atoms with Gasteiger partial charge in [-0.25, -0.2) is 4.39 Å². The van der Waals surface area contributed by atoms with Gasteiger partial charge in [0.15, 0.2) is 5.82 Å². The lowest BCUT2D eigenvalue weighted by atomic mass is 9.96. The predicted molar refractivity (Wildman–Crippen MR) is 98.3 cm³/mol. The van der Waals surface area contributed by atoms with Crippen molar-refractivity contribution in [3.05, 3.63) is 71.8 Å². The van der Waals surface area contributed by atoms with Crippen LogP contribution in [0.2, 0.25) is 0 Å². The van der Waals surface area contributed by atoms with Crippen LogP contribution in [0.4, 0.5) is 16.1 Å². The molecule has 1 aromatic heterocycles. The minimum Gasteiger partial charge on any atom is -0.338 e. The van der Waals surface area contributed by atoms with E-state index in [1.165, 1.54) is 24.3 Å². The van der Waals surface area contributed by atoms with Gasteiger partial charge in [-0.3, -0.25) is 4.79 Å². The molecular weight excluding hydrogens is 347 g/mol. The van der Waals surface area contributed by atoms with Crippen LogP contribution in [0.15, 0.2) is 59.1 Å². The molecule has 1 N–H and O–H groups in total. The van der Waals surface area contributed by atoms with E-state index in [1.807, 2.05) is 30.3 Å². The monoisotopic (exact) mass is 366 g/mol. The van der Waals surface area contributed by atoms with Gasteiger partial charge in [0.1, 0.15) is 5.82 Å². The zero-order valence-corrected chi connectivity index (χ0v) is 14.6. The molecule has 0 saturated carbocycles. The van der Waals surface area contributed by atoms with E-state index in [2.05, 4.69) is 15.5 Å². The van der Waals surface area contributed by atoms with Gasteiger partial charge in [0, 0.05) is 30.3 Å². The summed E-state index contributed by atoms with van der Waals surface area (Å²) in [6.45, 7) is 1.18. The first-order valence-corrected chi connectivity index (χ1v) is 8.89. The largest absolute Gasteiger partial charge is 0.338 e. The Morgan fingerprint density at radius 1 is 1.15 bits per heavy atom. The molecule has 1 saturated heterocycles. The van der Waals surface area contributed by atoms with Crippen molar-refractivity contribution in [2.75, 3.05) is 18.4 Å². The van der Waals surface area contributed by atoms with E-state index >= 15 is 0 Å². The molecular formula is C20H19FN4O2. The molecule has 0 aliphatic carbocycles. The van der Waals surface area contributed by atoms with Gasteiger partial charge in [-0.15, -0.1) is 0 Å². The molecule has 0 spiro atoms. The second kappa shape index (κ2) is 7.57. The zero-order chi connectivity index (χ0) is 18.6. The third-order valence-electron chi connectivity index (χ3n) is 4.63. The summed E-state index contributed by atoms with van der Waals surface area (Å²) in [5, 5.41) is 7.15. The standard InChI is InChI=1S/C20H19FN4O2/c21-16-10-8-14(9-11-16)19(26)25-12-4-5-15(13-25)18-23-20(27-24-18)22-17-6-2-1-3-7-17/h1-3,6-11,15H,4-5,12-13H2,(H,22,23,24). The first-order chi connectivity index (χ1) is 13.2. The lowest BCUT2D eigenvalue weighted by Gasteiger charge is -2.31. The van der Waals surface area contributed by atoms with Crippen molar-refractivity contribution >= 4 is 17.6 Å². The number of benzene rings is 2. The highest BCUT2D eigenvalue weighted by molar-refractivity contribution is 5.94. The van der Waals surface area contributed by atoms with Crippen molar-refractivity contribution in [1.29, 1.82) is 0 Å². The summed E-state index contributed by atoms with van der Waals surface area (Å²) in [6.07, 6.45) is 1.74. The van der Waals surface area contributed by atoms with Gasteiger partial charge in [-0.05, 0) is 49.2 Å². The molecule has 2 heterocycles. The van der Waals surface area contributed by atoms with Crippen LogP contribution in [-0.4, -0.2) is 34.0 Å². The van der Waals surface area contributed by atoms with Crippen molar-refractivity contribution in [1.82, 2.24) is 15.0 Å². The van der Waals surface area contributed by atoms with E-state index in [9.17, 15) is 9.18 Å². The Morgan fingerprint density at radius 3 is 2.70 bits per heavy atom. The Morgan fingerprint density at radius 2 is 1.93 bits per heavy atom. The number of hydrogen-bond acceptors (Lipinski definition) is 5. The molecule has 0 bridgehead atoms. The minimum absolute atomic E-state index is 0.0122. The number of nitrogens with zero attached hydrogens (tertiary/aromatic N) is 3. The Labute approximate surface area is 156 Å². The van der Waals surface area contributed by atoms with Crippen LogP contribution >= 0.6 is 0 Å². The van der Waals surface area contributed by atoms with Crippen LogP contribution in [-0.2, 0) is 0 Å². The number of piperidine rings is 1. The summed E-state index contributed by atoms with van der Waals surface area (Å²) in [5.74, 6) is 0.141. The topological polar surface area (TPSA) is 71.3 Å². The molecule has 0 radical (unpaired) electrons. The van der Waals surface area contributed by atoms with Crippen LogP contribution in [0, 0.1) is 5.82 Å². The van der Waals surface area contributed by atoms with Gasteiger partial charge in [0.25, 0.3) is 5.91 Å². The molecule has 138 valence electrons. The number of nitrogens with one attached hydrogen (secondary N) is 1. The maximum atomic E-state index is 13.1. The molecule has 4 rings (SSSR count). The van der Waals surface area contributed by atoms with Gasteiger partial charge in [0.2, 0.25) is 0 Å². The highest BCUT2D eigenvalue weighted by Gasteiger charge is 2.28. The molecule has 6 nitrogen and oxygen atoms in total. The average molecular weight is 366 g/mol. The number of hydrogen-bond donors (Lipinski definition) is 1. The van der Waals surface area contributed by atoms with E-state index in [-0.39, 0.29) is 17.6 Å². The number of rotatable bonds is 4. The van der Waals surface area contributed by atoms with Crippen molar-refractivity contribution in [2.24, 2.45) is 0 Å². The smallest absolute Gasteiger partial charge is 0.325 e. The Hall–Kier alpha value is -3.22. The number of halogens is 1. The highest BCUT2D eigenvalue weighted by atomic mass is 19.1. The van der Waals surface area contributed by atoms with Crippen molar-refractivity contribution in [3.63, 3.8) is 0 Å². The number of carbonyl (C=O) groups excluding carboxylic acids is 1. The first-order valence-electron chi connectivity index (χ1n) is 8.89. The Kier molecular flexibility index (Phi) is 4.82. The Bertz CT molecular complexity index is 911. The van der Waals surface area contributed by atoms with E-state index in [4.69, 9.17) is 4.52 Å². The third-order valence-corrected chi connectivity index (χ3v) is 4.63. The van der Waals surface area contributed by atoms with Gasteiger partial charge in [0.05, 0.1) is 0 Å². The molecule has 1 atom stereocenters. The summed E-state index contributed by atoms with van der Waals surface area (Å²) >= 11 is 0. The van der Waals surface area contributed by atoms with Crippen LogP contribution < -0.4 is 5.32 Å². The number of likely N-dealkylation sites (tertiary alicyclic amines) is 1. The fourth-order valence-electron chi connectivity index (χ4n) is 3.24. The summed E-state index contributed by atoms with van der Waals surface area (Å²) in [4.78, 5) is 18.9. The number of carbonyl (C=O) groups is 1. The maximum absolute atomic E-state index is 13.1. The fraction of sp³-hybridized carbons (Fsp3) is 0.250. The average Bonchev–Trinajstić information content (AvgIpc) is 3.17. The molecule has 7 heteroatoms. The van der Waals surface area contributed by atoms with E-state index in [0.29, 0.717) is 30.5 Å². The summed E-state index contributed by atoms with van der Waals surface area (Å²) in [5.41, 5.74) is 1.35. The lowest BCUT2D eigenvalue weighted by molar-refractivity contribution is 0.0703. The van der Waals surface area contributed by atoms with E-state index in [0.717, 1.165) is 18.5 Å². The number of para-hydroxylation sites is 1. The van der Waals surface area contributed by atoms with Gasteiger partial charge >= 0.3 is 6.01 Å². The van der Waals surface area contributed by atoms with Gasteiger partial charge < -0.3 is 14.7 Å². The lowest BCUT2D eigenvalue weighted by Crippen LogP contribution is -2.39. The zero-order valence-electron chi connectivity index (χ0n) is 14.6. The first kappa shape index (κ1) is 17.2. The normalized spacial score (nSPS) is 16.9. The minimum atomic E-state index is -0.353.